The Labute approximate surface area is 189 Å². The van der Waals surface area contributed by atoms with E-state index in [-0.39, 0.29) is 23.8 Å². The van der Waals surface area contributed by atoms with Gasteiger partial charge in [-0.05, 0) is 56.5 Å². The molecule has 2 atom stereocenters. The second-order valence-corrected chi connectivity index (χ2v) is 8.06. The Kier molecular flexibility index (Phi) is 8.41. The number of carbonyl (C=O) groups excluding carboxylic acids is 1. The smallest absolute Gasteiger partial charge is 0.251 e. The highest BCUT2D eigenvalue weighted by atomic mass is 19.1. The fourth-order valence-corrected chi connectivity index (χ4v) is 3.58. The highest BCUT2D eigenvalue weighted by Gasteiger charge is 2.25. The van der Waals surface area contributed by atoms with Gasteiger partial charge in [0.05, 0.1) is 6.54 Å². The number of rotatable bonds is 8. The number of carbonyl (C=O) groups is 1. The molecule has 1 amide bonds. The van der Waals surface area contributed by atoms with Crippen molar-refractivity contribution in [1.29, 1.82) is 0 Å². The van der Waals surface area contributed by atoms with Crippen molar-refractivity contribution >= 4 is 17.7 Å². The van der Waals surface area contributed by atoms with E-state index in [1.54, 1.807) is 12.3 Å². The molecular weight excluding hydrogens is 407 g/mol. The Morgan fingerprint density at radius 2 is 2.16 bits per heavy atom. The van der Waals surface area contributed by atoms with Crippen LogP contribution in [0.4, 0.5) is 10.2 Å². The third-order valence-corrected chi connectivity index (χ3v) is 5.51. The van der Waals surface area contributed by atoms with Crippen molar-refractivity contribution < 1.29 is 9.18 Å². The molecule has 1 aromatic carbocycles. The first-order chi connectivity index (χ1) is 15.5. The summed E-state index contributed by atoms with van der Waals surface area (Å²) >= 11 is 0. The summed E-state index contributed by atoms with van der Waals surface area (Å²) in [5.41, 5.74) is 1.60. The van der Waals surface area contributed by atoms with Crippen molar-refractivity contribution in [2.24, 2.45) is 4.99 Å². The Morgan fingerprint density at radius 1 is 1.31 bits per heavy atom. The van der Waals surface area contributed by atoms with Crippen LogP contribution in [0.15, 0.2) is 47.6 Å². The molecular formula is C24H33FN6O. The zero-order chi connectivity index (χ0) is 22.9. The van der Waals surface area contributed by atoms with Gasteiger partial charge in [-0.25, -0.2) is 14.4 Å². The summed E-state index contributed by atoms with van der Waals surface area (Å²) in [7, 11) is 0. The Morgan fingerprint density at radius 3 is 2.91 bits per heavy atom. The van der Waals surface area contributed by atoms with Gasteiger partial charge in [-0.15, -0.1) is 0 Å². The van der Waals surface area contributed by atoms with Crippen molar-refractivity contribution in [2.45, 2.75) is 52.2 Å². The molecule has 1 aromatic heterocycles. The topological polar surface area (TPSA) is 81.6 Å². The number of guanidine groups is 1. The number of aromatic nitrogens is 1. The molecule has 2 unspecified atom stereocenters. The third-order valence-electron chi connectivity index (χ3n) is 5.51. The molecule has 0 radical (unpaired) electrons. The minimum atomic E-state index is -0.300. The largest absolute Gasteiger partial charge is 0.357 e. The van der Waals surface area contributed by atoms with Gasteiger partial charge < -0.3 is 20.9 Å². The maximum absolute atomic E-state index is 14.1. The molecule has 32 heavy (non-hydrogen) atoms. The summed E-state index contributed by atoms with van der Waals surface area (Å²) in [6.07, 6.45) is 3.37. The first-order valence-corrected chi connectivity index (χ1v) is 11.3. The quantitative estimate of drug-likeness (QED) is 0.434. The number of nitrogens with zero attached hydrogens (tertiary/aromatic N) is 3. The van der Waals surface area contributed by atoms with Gasteiger partial charge in [0.2, 0.25) is 0 Å². The summed E-state index contributed by atoms with van der Waals surface area (Å²) in [4.78, 5) is 23.2. The molecule has 0 saturated carbocycles. The van der Waals surface area contributed by atoms with E-state index in [1.807, 2.05) is 49.9 Å². The lowest BCUT2D eigenvalue weighted by molar-refractivity contribution is 0.0939. The monoisotopic (exact) mass is 440 g/mol. The zero-order valence-corrected chi connectivity index (χ0v) is 19.1. The number of amides is 1. The average Bonchev–Trinajstić information content (AvgIpc) is 3.26. The first kappa shape index (κ1) is 23.5. The van der Waals surface area contributed by atoms with E-state index in [2.05, 4.69) is 20.9 Å². The summed E-state index contributed by atoms with van der Waals surface area (Å²) in [6, 6.07) is 10.9. The van der Waals surface area contributed by atoms with E-state index in [4.69, 9.17) is 4.99 Å². The molecule has 1 saturated heterocycles. The lowest BCUT2D eigenvalue weighted by atomic mass is 10.1. The number of aliphatic imine (C=N–C) groups is 1. The standard InChI is InChI=1S/C24H33FN6O/c1-4-17(3)29-23(32)19-9-6-8-18(14-19)15-28-24(26-5-2)30-20-11-13-31(16-20)22-21(25)10-7-12-27-22/h6-10,12,14,17,20H,4-5,11,13,15-16H2,1-3H3,(H,29,32)(H2,26,28,30). The summed E-state index contributed by atoms with van der Waals surface area (Å²) < 4.78 is 14.1. The number of anilines is 1. The van der Waals surface area contributed by atoms with E-state index in [9.17, 15) is 9.18 Å². The van der Waals surface area contributed by atoms with E-state index in [0.717, 1.165) is 31.5 Å². The SMILES string of the molecule is CCNC(=NCc1cccc(C(=O)NC(C)CC)c1)NC1CCN(c2ncccc2F)C1. The minimum Gasteiger partial charge on any atom is -0.357 e. The number of benzene rings is 1. The molecule has 3 N–H and O–H groups in total. The van der Waals surface area contributed by atoms with Crippen LogP contribution in [0.25, 0.3) is 0 Å². The molecule has 2 aromatic rings. The summed E-state index contributed by atoms with van der Waals surface area (Å²) in [5, 5.41) is 9.71. The van der Waals surface area contributed by atoms with Gasteiger partial charge in [-0.3, -0.25) is 4.79 Å². The van der Waals surface area contributed by atoms with Crippen LogP contribution in [0.5, 0.6) is 0 Å². The van der Waals surface area contributed by atoms with Gasteiger partial charge in [0.15, 0.2) is 17.6 Å². The predicted octanol–water partition coefficient (Wildman–Crippen LogP) is 3.08. The lowest BCUT2D eigenvalue weighted by Gasteiger charge is -2.20. The highest BCUT2D eigenvalue weighted by Crippen LogP contribution is 2.20. The molecule has 1 fully saturated rings. The van der Waals surface area contributed by atoms with Gasteiger partial charge in [-0.1, -0.05) is 19.1 Å². The summed E-state index contributed by atoms with van der Waals surface area (Å²) in [5.74, 6) is 0.732. The molecule has 0 spiro atoms. The molecule has 3 rings (SSSR count). The molecule has 0 aliphatic carbocycles. The highest BCUT2D eigenvalue weighted by molar-refractivity contribution is 5.94. The number of nitrogens with one attached hydrogen (secondary N) is 3. The molecule has 0 bridgehead atoms. The van der Waals surface area contributed by atoms with Crippen LogP contribution in [0, 0.1) is 5.82 Å². The maximum atomic E-state index is 14.1. The summed E-state index contributed by atoms with van der Waals surface area (Å²) in [6.45, 7) is 8.62. The first-order valence-electron chi connectivity index (χ1n) is 11.3. The lowest BCUT2D eigenvalue weighted by Crippen LogP contribution is -2.44. The van der Waals surface area contributed by atoms with E-state index >= 15 is 0 Å². The van der Waals surface area contributed by atoms with Crippen molar-refractivity contribution in [3.63, 3.8) is 0 Å². The third kappa shape index (κ3) is 6.42. The van der Waals surface area contributed by atoms with Gasteiger partial charge in [0.1, 0.15) is 0 Å². The number of halogens is 1. The minimum absolute atomic E-state index is 0.0667. The zero-order valence-electron chi connectivity index (χ0n) is 19.1. The second-order valence-electron chi connectivity index (χ2n) is 8.06. The van der Waals surface area contributed by atoms with Crippen LogP contribution < -0.4 is 20.9 Å². The van der Waals surface area contributed by atoms with Crippen molar-refractivity contribution in [1.82, 2.24) is 20.9 Å². The molecule has 1 aliphatic rings. The van der Waals surface area contributed by atoms with Crippen molar-refractivity contribution in [3.8, 4) is 0 Å². The Bertz CT molecular complexity index is 934. The predicted molar refractivity (Wildman–Crippen MR) is 126 cm³/mol. The van der Waals surface area contributed by atoms with Gasteiger partial charge in [0.25, 0.3) is 5.91 Å². The Hall–Kier alpha value is -3.16. The van der Waals surface area contributed by atoms with E-state index in [1.165, 1.54) is 6.07 Å². The number of pyridine rings is 1. The molecule has 2 heterocycles. The maximum Gasteiger partial charge on any atom is 0.251 e. The molecule has 172 valence electrons. The van der Waals surface area contributed by atoms with Gasteiger partial charge in [0, 0.05) is 43.5 Å². The van der Waals surface area contributed by atoms with Crippen LogP contribution in [0.3, 0.4) is 0 Å². The van der Waals surface area contributed by atoms with Crippen LogP contribution in [0.2, 0.25) is 0 Å². The normalized spacial score (nSPS) is 17.2. The Balaban J connectivity index is 1.61. The van der Waals surface area contributed by atoms with Gasteiger partial charge in [-0.2, -0.15) is 0 Å². The van der Waals surface area contributed by atoms with E-state index in [0.29, 0.717) is 30.4 Å². The number of hydrogen-bond donors (Lipinski definition) is 3. The van der Waals surface area contributed by atoms with Crippen LogP contribution in [-0.2, 0) is 6.54 Å². The average molecular weight is 441 g/mol. The van der Waals surface area contributed by atoms with Crippen molar-refractivity contribution in [3.05, 3.63) is 59.5 Å². The second kappa shape index (κ2) is 11.5. The fraction of sp³-hybridized carbons (Fsp3) is 0.458. The fourth-order valence-electron chi connectivity index (χ4n) is 3.58. The van der Waals surface area contributed by atoms with Crippen molar-refractivity contribution in [2.75, 3.05) is 24.5 Å². The van der Waals surface area contributed by atoms with Crippen LogP contribution in [0.1, 0.15) is 49.5 Å². The number of hydrogen-bond acceptors (Lipinski definition) is 4. The molecule has 8 heteroatoms. The molecule has 1 aliphatic heterocycles. The van der Waals surface area contributed by atoms with Crippen LogP contribution >= 0.6 is 0 Å². The van der Waals surface area contributed by atoms with Gasteiger partial charge >= 0.3 is 0 Å². The van der Waals surface area contributed by atoms with E-state index < -0.39 is 0 Å². The van der Waals surface area contributed by atoms with Crippen LogP contribution in [-0.4, -0.2) is 48.6 Å². The molecule has 7 nitrogen and oxygen atoms in total.